The molecule has 0 fully saturated rings. The Hall–Kier alpha value is -3.19. The highest BCUT2D eigenvalue weighted by atomic mass is 79.9. The fraction of sp³-hybridized carbons (Fsp3) is 0.0500. The van der Waals surface area contributed by atoms with Crippen molar-refractivity contribution in [2.45, 2.75) is 0 Å². The van der Waals surface area contributed by atoms with Crippen LogP contribution >= 0.6 is 15.9 Å². The molecule has 2 aromatic carbocycles. The van der Waals surface area contributed by atoms with Gasteiger partial charge in [0.25, 0.3) is 0 Å². The van der Waals surface area contributed by atoms with E-state index in [1.165, 1.54) is 7.11 Å². The minimum absolute atomic E-state index is 0.0518. The Balaban J connectivity index is 1.88. The molecule has 0 amide bonds. The Kier molecular flexibility index (Phi) is 3.51. The summed E-state index contributed by atoms with van der Waals surface area (Å²) >= 11 is 3.59. The molecular formula is C20H13BrN4O2. The van der Waals surface area contributed by atoms with E-state index in [1.54, 1.807) is 23.0 Å². The molecule has 0 spiro atoms. The first-order valence-corrected chi connectivity index (χ1v) is 9.04. The second kappa shape index (κ2) is 5.92. The normalized spacial score (nSPS) is 12.4. The molecule has 0 unspecified atom stereocenters. The number of fused-ring (bicyclic) bond motifs is 2. The standard InChI is InChI=1S/C20H13BrN4O2/c1-27-17-9-14(21)13(8-16(17)26)18-12-6-7-25-20(12)19(22-10-23-25)11-4-2-3-5-15(11)24-18/h2-10,26H,1H3. The quantitative estimate of drug-likeness (QED) is 0.460. The highest BCUT2D eigenvalue weighted by molar-refractivity contribution is 9.10. The van der Waals surface area contributed by atoms with Crippen molar-refractivity contribution in [2.24, 2.45) is 4.99 Å². The van der Waals surface area contributed by atoms with Gasteiger partial charge in [-0.25, -0.2) is 14.5 Å². The van der Waals surface area contributed by atoms with Gasteiger partial charge >= 0.3 is 0 Å². The van der Waals surface area contributed by atoms with Crippen molar-refractivity contribution < 1.29 is 9.84 Å². The molecule has 7 heteroatoms. The van der Waals surface area contributed by atoms with Crippen LogP contribution in [0.25, 0.3) is 16.8 Å². The molecule has 6 nitrogen and oxygen atoms in total. The van der Waals surface area contributed by atoms with Crippen molar-refractivity contribution in [1.29, 1.82) is 0 Å². The predicted molar refractivity (Wildman–Crippen MR) is 106 cm³/mol. The van der Waals surface area contributed by atoms with Crippen molar-refractivity contribution in [3.63, 3.8) is 0 Å². The number of aromatic hydroxyl groups is 1. The third kappa shape index (κ3) is 2.35. The number of nitrogens with zero attached hydrogens (tertiary/aromatic N) is 4. The summed E-state index contributed by atoms with van der Waals surface area (Å²) in [7, 11) is 1.52. The zero-order chi connectivity index (χ0) is 18.5. The number of hydrogen-bond donors (Lipinski definition) is 1. The molecule has 0 aliphatic carbocycles. The molecule has 4 aromatic rings. The van der Waals surface area contributed by atoms with Gasteiger partial charge in [-0.3, -0.25) is 0 Å². The molecule has 0 bridgehead atoms. The largest absolute Gasteiger partial charge is 0.504 e. The van der Waals surface area contributed by atoms with E-state index in [9.17, 15) is 5.11 Å². The van der Waals surface area contributed by atoms with Crippen LogP contribution in [0, 0.1) is 0 Å². The van der Waals surface area contributed by atoms with E-state index in [0.717, 1.165) is 43.8 Å². The molecular weight excluding hydrogens is 408 g/mol. The van der Waals surface area contributed by atoms with Crippen LogP contribution in [-0.4, -0.2) is 32.5 Å². The van der Waals surface area contributed by atoms with Crippen LogP contribution in [0.15, 0.2) is 64.5 Å². The first-order chi connectivity index (χ1) is 13.2. The van der Waals surface area contributed by atoms with Crippen molar-refractivity contribution >= 4 is 32.8 Å². The van der Waals surface area contributed by atoms with Crippen LogP contribution in [0.5, 0.6) is 11.5 Å². The number of phenols is 1. The lowest BCUT2D eigenvalue weighted by atomic mass is 10.0. The summed E-state index contributed by atoms with van der Waals surface area (Å²) in [5.41, 5.74) is 5.83. The van der Waals surface area contributed by atoms with E-state index in [4.69, 9.17) is 9.73 Å². The Bertz CT molecular complexity index is 1250. The van der Waals surface area contributed by atoms with Gasteiger partial charge in [-0.15, -0.1) is 0 Å². The summed E-state index contributed by atoms with van der Waals surface area (Å²) in [5.74, 6) is 0.446. The summed E-state index contributed by atoms with van der Waals surface area (Å²) in [4.78, 5) is 9.45. The number of halogens is 1. The lowest BCUT2D eigenvalue weighted by Gasteiger charge is -2.11. The number of rotatable bonds is 2. The topological polar surface area (TPSA) is 72.0 Å². The second-order valence-corrected chi connectivity index (χ2v) is 6.97. The zero-order valence-corrected chi connectivity index (χ0v) is 15.8. The summed E-state index contributed by atoms with van der Waals surface area (Å²) in [6, 6.07) is 13.2. The van der Waals surface area contributed by atoms with Gasteiger partial charge in [-0.1, -0.05) is 18.2 Å². The van der Waals surface area contributed by atoms with E-state index >= 15 is 0 Å². The number of hydrogen-bond acceptors (Lipinski definition) is 5. The molecule has 0 saturated carbocycles. The van der Waals surface area contributed by atoms with Crippen LogP contribution < -0.4 is 4.74 Å². The van der Waals surface area contributed by atoms with Gasteiger partial charge in [-0.05, 0) is 40.2 Å². The number of para-hydroxylation sites is 1. The fourth-order valence-electron chi connectivity index (χ4n) is 3.39. The van der Waals surface area contributed by atoms with Gasteiger partial charge in [0, 0.05) is 27.4 Å². The van der Waals surface area contributed by atoms with Crippen LogP contribution in [0.4, 0.5) is 5.69 Å². The highest BCUT2D eigenvalue weighted by Crippen LogP contribution is 2.40. The molecule has 27 heavy (non-hydrogen) atoms. The maximum atomic E-state index is 10.3. The molecule has 2 aromatic heterocycles. The third-order valence-corrected chi connectivity index (χ3v) is 5.28. The van der Waals surface area contributed by atoms with Crippen molar-refractivity contribution in [3.8, 4) is 22.8 Å². The summed E-state index contributed by atoms with van der Waals surface area (Å²) in [6.45, 7) is 0. The first-order valence-electron chi connectivity index (χ1n) is 8.25. The molecule has 132 valence electrons. The van der Waals surface area contributed by atoms with Crippen molar-refractivity contribution in [3.05, 3.63) is 70.6 Å². The summed E-state index contributed by atoms with van der Waals surface area (Å²) < 4.78 is 7.77. The molecule has 1 aliphatic heterocycles. The summed E-state index contributed by atoms with van der Waals surface area (Å²) in [6.07, 6.45) is 3.43. The van der Waals surface area contributed by atoms with E-state index in [1.807, 2.05) is 36.5 Å². The van der Waals surface area contributed by atoms with Crippen LogP contribution in [0.3, 0.4) is 0 Å². The van der Waals surface area contributed by atoms with Gasteiger partial charge in [0.15, 0.2) is 11.5 Å². The van der Waals surface area contributed by atoms with Gasteiger partial charge in [-0.2, -0.15) is 5.10 Å². The number of benzene rings is 2. The van der Waals surface area contributed by atoms with Crippen molar-refractivity contribution in [2.75, 3.05) is 7.11 Å². The number of aliphatic imine (C=N–C) groups is 1. The molecule has 3 heterocycles. The monoisotopic (exact) mass is 420 g/mol. The van der Waals surface area contributed by atoms with Crippen LogP contribution in [0.2, 0.25) is 0 Å². The fourth-order valence-corrected chi connectivity index (χ4v) is 3.90. The van der Waals surface area contributed by atoms with Crippen molar-refractivity contribution in [1.82, 2.24) is 14.6 Å². The minimum Gasteiger partial charge on any atom is -0.504 e. The Morgan fingerprint density at radius 3 is 2.78 bits per heavy atom. The molecule has 5 rings (SSSR count). The van der Waals surface area contributed by atoms with E-state index in [-0.39, 0.29) is 5.75 Å². The van der Waals surface area contributed by atoms with Gasteiger partial charge in [0.05, 0.1) is 18.5 Å². The molecule has 0 radical (unpaired) electrons. The maximum Gasteiger partial charge on any atom is 0.161 e. The second-order valence-electron chi connectivity index (χ2n) is 6.11. The Labute approximate surface area is 162 Å². The van der Waals surface area contributed by atoms with E-state index in [0.29, 0.717) is 5.75 Å². The smallest absolute Gasteiger partial charge is 0.161 e. The highest BCUT2D eigenvalue weighted by Gasteiger charge is 2.24. The maximum absolute atomic E-state index is 10.3. The number of aromatic nitrogens is 3. The SMILES string of the molecule is COc1cc(Br)c(C2=Nc3ccccc3-c3ncnn4ccc2c34)cc1O. The van der Waals surface area contributed by atoms with Crippen LogP contribution in [0.1, 0.15) is 11.1 Å². The number of methoxy groups -OCH3 is 1. The first kappa shape index (κ1) is 16.0. The number of phenolic OH excluding ortho intramolecular Hbond substituents is 1. The molecule has 1 aliphatic rings. The lowest BCUT2D eigenvalue weighted by Crippen LogP contribution is -2.05. The molecule has 0 atom stereocenters. The van der Waals surface area contributed by atoms with Gasteiger partial charge in [0.1, 0.15) is 17.5 Å². The van der Waals surface area contributed by atoms with Gasteiger partial charge < -0.3 is 9.84 Å². The van der Waals surface area contributed by atoms with E-state index in [2.05, 4.69) is 26.0 Å². The molecule has 1 N–H and O–H groups in total. The Morgan fingerprint density at radius 2 is 1.93 bits per heavy atom. The molecule has 0 saturated heterocycles. The van der Waals surface area contributed by atoms with Gasteiger partial charge in [0.2, 0.25) is 0 Å². The number of ether oxygens (including phenoxy) is 1. The average molecular weight is 421 g/mol. The minimum atomic E-state index is 0.0518. The summed E-state index contributed by atoms with van der Waals surface area (Å²) in [5, 5.41) is 14.6. The zero-order valence-electron chi connectivity index (χ0n) is 14.2. The lowest BCUT2D eigenvalue weighted by molar-refractivity contribution is 0.373. The third-order valence-electron chi connectivity index (χ3n) is 4.62. The van der Waals surface area contributed by atoms with Crippen LogP contribution in [-0.2, 0) is 0 Å². The predicted octanol–water partition coefficient (Wildman–Crippen LogP) is 4.36. The average Bonchev–Trinajstić information content (AvgIpc) is 3.06. The Morgan fingerprint density at radius 1 is 1.07 bits per heavy atom. The van der Waals surface area contributed by atoms with E-state index < -0.39 is 0 Å².